The van der Waals surface area contributed by atoms with Crippen LogP contribution in [0.1, 0.15) is 32.6 Å². The van der Waals surface area contributed by atoms with Crippen molar-refractivity contribution in [2.75, 3.05) is 0 Å². The molecule has 110 valence electrons. The van der Waals surface area contributed by atoms with Gasteiger partial charge in [0.2, 0.25) is 0 Å². The Morgan fingerprint density at radius 3 is 2.19 bits per heavy atom. The van der Waals surface area contributed by atoms with Crippen LogP contribution in [0.5, 0.6) is 0 Å². The van der Waals surface area contributed by atoms with E-state index in [0.717, 1.165) is 5.56 Å². The minimum absolute atomic E-state index is 0.193. The van der Waals surface area contributed by atoms with Crippen LogP contribution >= 0.6 is 0 Å². The van der Waals surface area contributed by atoms with E-state index < -0.39 is 28.9 Å². The van der Waals surface area contributed by atoms with Crippen molar-refractivity contribution < 1.29 is 22.4 Å². The Bertz CT molecular complexity index is 702. The molecular formula is C16H12F4O. The fourth-order valence-corrected chi connectivity index (χ4v) is 2.09. The number of hydrogen-bond acceptors (Lipinski definition) is 1. The molecule has 0 aromatic heterocycles. The van der Waals surface area contributed by atoms with Gasteiger partial charge in [0.1, 0.15) is 5.82 Å². The lowest BCUT2D eigenvalue weighted by Crippen LogP contribution is -2.11. The maximum Gasteiger partial charge on any atom is 0.416 e. The SMILES string of the molecule is Cc1ccc(C(=O)c2cc(C(F)(F)F)ccc2F)c(C)c1. The van der Waals surface area contributed by atoms with Gasteiger partial charge >= 0.3 is 6.18 Å². The molecule has 0 atom stereocenters. The van der Waals surface area contributed by atoms with Crippen LogP contribution in [0.15, 0.2) is 36.4 Å². The van der Waals surface area contributed by atoms with Crippen molar-refractivity contribution in [1.29, 1.82) is 0 Å². The van der Waals surface area contributed by atoms with Crippen molar-refractivity contribution in [2.45, 2.75) is 20.0 Å². The van der Waals surface area contributed by atoms with Gasteiger partial charge in [-0.2, -0.15) is 13.2 Å². The van der Waals surface area contributed by atoms with E-state index >= 15 is 0 Å². The van der Waals surface area contributed by atoms with Gasteiger partial charge < -0.3 is 0 Å². The summed E-state index contributed by atoms with van der Waals surface area (Å²) in [4.78, 5) is 12.3. The third-order valence-corrected chi connectivity index (χ3v) is 3.16. The zero-order chi connectivity index (χ0) is 15.8. The van der Waals surface area contributed by atoms with Crippen LogP contribution in [0.2, 0.25) is 0 Å². The van der Waals surface area contributed by atoms with Crippen LogP contribution in [-0.2, 0) is 6.18 Å². The number of hydrogen-bond donors (Lipinski definition) is 0. The van der Waals surface area contributed by atoms with E-state index in [4.69, 9.17) is 0 Å². The summed E-state index contributed by atoms with van der Waals surface area (Å²) in [7, 11) is 0. The van der Waals surface area contributed by atoms with E-state index in [1.165, 1.54) is 6.07 Å². The van der Waals surface area contributed by atoms with Crippen molar-refractivity contribution in [3.05, 3.63) is 70.0 Å². The van der Waals surface area contributed by atoms with Gasteiger partial charge in [0.15, 0.2) is 5.78 Å². The first-order valence-corrected chi connectivity index (χ1v) is 6.19. The largest absolute Gasteiger partial charge is 0.416 e. The second-order valence-corrected chi connectivity index (χ2v) is 4.84. The first-order valence-electron chi connectivity index (χ1n) is 6.19. The molecule has 21 heavy (non-hydrogen) atoms. The lowest BCUT2D eigenvalue weighted by molar-refractivity contribution is -0.137. The van der Waals surface area contributed by atoms with E-state index in [2.05, 4.69) is 0 Å². The maximum atomic E-state index is 13.7. The van der Waals surface area contributed by atoms with E-state index in [1.807, 2.05) is 6.92 Å². The fraction of sp³-hybridized carbons (Fsp3) is 0.188. The average Bonchev–Trinajstić information content (AvgIpc) is 2.37. The van der Waals surface area contributed by atoms with Gasteiger partial charge in [-0.25, -0.2) is 4.39 Å². The van der Waals surface area contributed by atoms with Gasteiger partial charge in [-0.15, -0.1) is 0 Å². The molecule has 0 heterocycles. The quantitative estimate of drug-likeness (QED) is 0.580. The van der Waals surface area contributed by atoms with Crippen molar-refractivity contribution >= 4 is 5.78 Å². The Balaban J connectivity index is 2.53. The molecule has 0 aliphatic rings. The predicted molar refractivity (Wildman–Crippen MR) is 70.8 cm³/mol. The van der Waals surface area contributed by atoms with Crippen LogP contribution in [-0.4, -0.2) is 5.78 Å². The van der Waals surface area contributed by atoms with Crippen LogP contribution in [0, 0.1) is 19.7 Å². The second-order valence-electron chi connectivity index (χ2n) is 4.84. The topological polar surface area (TPSA) is 17.1 Å². The summed E-state index contributed by atoms with van der Waals surface area (Å²) >= 11 is 0. The Labute approximate surface area is 119 Å². The monoisotopic (exact) mass is 296 g/mol. The van der Waals surface area contributed by atoms with Gasteiger partial charge in [0.25, 0.3) is 0 Å². The lowest BCUT2D eigenvalue weighted by atomic mass is 9.96. The molecule has 1 nitrogen and oxygen atoms in total. The molecule has 0 unspecified atom stereocenters. The number of carbonyl (C=O) groups is 1. The summed E-state index contributed by atoms with van der Waals surface area (Å²) in [5.41, 5.74) is 0.0815. The normalized spacial score (nSPS) is 11.5. The molecule has 2 rings (SSSR count). The number of halogens is 4. The highest BCUT2D eigenvalue weighted by Crippen LogP contribution is 2.31. The smallest absolute Gasteiger partial charge is 0.288 e. The highest BCUT2D eigenvalue weighted by Gasteiger charge is 2.32. The third-order valence-electron chi connectivity index (χ3n) is 3.16. The summed E-state index contributed by atoms with van der Waals surface area (Å²) < 4.78 is 51.7. The van der Waals surface area contributed by atoms with Crippen molar-refractivity contribution in [3.63, 3.8) is 0 Å². The van der Waals surface area contributed by atoms with Crippen LogP contribution in [0.25, 0.3) is 0 Å². The Morgan fingerprint density at radius 2 is 1.62 bits per heavy atom. The lowest BCUT2D eigenvalue weighted by Gasteiger charge is -2.11. The summed E-state index contributed by atoms with van der Waals surface area (Å²) in [5, 5.41) is 0. The van der Waals surface area contributed by atoms with Crippen molar-refractivity contribution in [3.8, 4) is 0 Å². The number of alkyl halides is 3. The molecule has 0 aliphatic heterocycles. The minimum Gasteiger partial charge on any atom is -0.288 e. The molecule has 0 bridgehead atoms. The van der Waals surface area contributed by atoms with Crippen molar-refractivity contribution in [2.24, 2.45) is 0 Å². The number of rotatable bonds is 2. The van der Waals surface area contributed by atoms with Crippen LogP contribution in [0.3, 0.4) is 0 Å². The summed E-state index contributed by atoms with van der Waals surface area (Å²) in [6, 6.07) is 6.71. The molecule has 0 amide bonds. The van der Waals surface area contributed by atoms with Crippen LogP contribution in [0.4, 0.5) is 17.6 Å². The number of carbonyl (C=O) groups excluding carboxylic acids is 1. The number of aryl methyl sites for hydroxylation is 2. The molecule has 5 heteroatoms. The summed E-state index contributed by atoms with van der Waals surface area (Å²) in [6.07, 6.45) is -4.62. The molecule has 0 N–H and O–H groups in total. The number of ketones is 1. The fourth-order valence-electron chi connectivity index (χ4n) is 2.09. The summed E-state index contributed by atoms with van der Waals surface area (Å²) in [6.45, 7) is 3.48. The highest BCUT2D eigenvalue weighted by molar-refractivity contribution is 6.10. The standard InChI is InChI=1S/C16H12F4O/c1-9-3-5-12(10(2)7-9)15(21)13-8-11(16(18,19)20)4-6-14(13)17/h3-8H,1-2H3. The van der Waals surface area contributed by atoms with E-state index in [9.17, 15) is 22.4 Å². The molecule has 0 radical (unpaired) electrons. The Kier molecular flexibility index (Phi) is 3.85. The zero-order valence-electron chi connectivity index (χ0n) is 11.4. The average molecular weight is 296 g/mol. The maximum absolute atomic E-state index is 13.7. The predicted octanol–water partition coefficient (Wildman–Crippen LogP) is 4.69. The molecule has 0 fully saturated rings. The van der Waals surface area contributed by atoms with E-state index in [0.29, 0.717) is 23.8 Å². The van der Waals surface area contributed by atoms with Gasteiger partial charge in [-0.3, -0.25) is 4.79 Å². The van der Waals surface area contributed by atoms with Gasteiger partial charge in [-0.05, 0) is 37.6 Å². The first-order chi connectivity index (χ1) is 9.70. The Hall–Kier alpha value is -2.17. The summed E-state index contributed by atoms with van der Waals surface area (Å²) in [5.74, 6) is -1.72. The van der Waals surface area contributed by atoms with E-state index in [-0.39, 0.29) is 5.56 Å². The van der Waals surface area contributed by atoms with Gasteiger partial charge in [-0.1, -0.05) is 23.8 Å². The Morgan fingerprint density at radius 1 is 0.952 bits per heavy atom. The molecule has 0 saturated heterocycles. The molecule has 2 aromatic carbocycles. The minimum atomic E-state index is -4.62. The van der Waals surface area contributed by atoms with Crippen molar-refractivity contribution in [1.82, 2.24) is 0 Å². The van der Waals surface area contributed by atoms with Crippen LogP contribution < -0.4 is 0 Å². The third kappa shape index (κ3) is 3.12. The molecular weight excluding hydrogens is 284 g/mol. The van der Waals surface area contributed by atoms with Gasteiger partial charge in [0, 0.05) is 5.56 Å². The zero-order valence-corrected chi connectivity index (χ0v) is 11.4. The van der Waals surface area contributed by atoms with Gasteiger partial charge in [0.05, 0.1) is 11.1 Å². The van der Waals surface area contributed by atoms with E-state index in [1.54, 1.807) is 19.1 Å². The first kappa shape index (κ1) is 15.2. The second kappa shape index (κ2) is 5.31. The molecule has 0 saturated carbocycles. The molecule has 0 aliphatic carbocycles. The highest BCUT2D eigenvalue weighted by atomic mass is 19.4. The number of benzene rings is 2. The molecule has 2 aromatic rings. The molecule has 0 spiro atoms.